The average Bonchev–Trinajstić information content (AvgIpc) is 3.15. The molecule has 0 fully saturated rings. The quantitative estimate of drug-likeness (QED) is 0.737. The minimum absolute atomic E-state index is 0.0832. The van der Waals surface area contributed by atoms with Crippen LogP contribution in [0.3, 0.4) is 0 Å². The van der Waals surface area contributed by atoms with Crippen molar-refractivity contribution in [2.24, 2.45) is 0 Å². The molecule has 7 nitrogen and oxygen atoms in total. The number of nitrogens with zero attached hydrogens (tertiary/aromatic N) is 3. The summed E-state index contributed by atoms with van der Waals surface area (Å²) in [6, 6.07) is 17.1. The van der Waals surface area contributed by atoms with E-state index in [0.29, 0.717) is 12.6 Å². The van der Waals surface area contributed by atoms with Crippen molar-refractivity contribution in [1.82, 2.24) is 14.8 Å². The maximum atomic E-state index is 11.3. The Bertz CT molecular complexity index is 948. The second-order valence-electron chi connectivity index (χ2n) is 5.83. The Morgan fingerprint density at radius 3 is 2.65 bits per heavy atom. The van der Waals surface area contributed by atoms with E-state index >= 15 is 0 Å². The number of carbonyl (C=O) groups is 1. The largest absolute Gasteiger partial charge is 0.489 e. The molecule has 4 rings (SSSR count). The summed E-state index contributed by atoms with van der Waals surface area (Å²) in [7, 11) is 0. The van der Waals surface area contributed by atoms with Crippen LogP contribution in [-0.4, -0.2) is 25.8 Å². The zero-order chi connectivity index (χ0) is 17.9. The van der Waals surface area contributed by atoms with E-state index in [1.807, 2.05) is 54.6 Å². The van der Waals surface area contributed by atoms with Crippen LogP contribution < -0.4 is 10.1 Å². The smallest absolute Gasteiger partial charge is 0.352 e. The van der Waals surface area contributed by atoms with Crippen LogP contribution in [0.4, 0.5) is 5.95 Å². The number of carboxylic acids is 1. The van der Waals surface area contributed by atoms with Gasteiger partial charge < -0.3 is 15.2 Å². The number of fused-ring (bicyclic) bond motifs is 1. The fraction of sp³-hybridized carbons (Fsp3) is 0.105. The van der Waals surface area contributed by atoms with Crippen LogP contribution in [0.5, 0.6) is 5.75 Å². The maximum absolute atomic E-state index is 11.3. The van der Waals surface area contributed by atoms with Gasteiger partial charge in [0.05, 0.1) is 0 Å². The van der Waals surface area contributed by atoms with Gasteiger partial charge in [-0.25, -0.2) is 9.48 Å². The summed E-state index contributed by atoms with van der Waals surface area (Å²) in [6.45, 7) is 0.490. The second kappa shape index (κ2) is 6.72. The monoisotopic (exact) mass is 348 g/mol. The molecular weight excluding hydrogens is 332 g/mol. The van der Waals surface area contributed by atoms with Crippen LogP contribution in [0.25, 0.3) is 0 Å². The number of aliphatic carboxylic acids is 1. The summed E-state index contributed by atoms with van der Waals surface area (Å²) in [5, 5.41) is 16.2. The highest BCUT2D eigenvalue weighted by Gasteiger charge is 2.25. The topological polar surface area (TPSA) is 89.3 Å². The van der Waals surface area contributed by atoms with Gasteiger partial charge >= 0.3 is 5.97 Å². The first kappa shape index (κ1) is 15.9. The Labute approximate surface area is 149 Å². The highest BCUT2D eigenvalue weighted by molar-refractivity contribution is 5.90. The highest BCUT2D eigenvalue weighted by atomic mass is 16.5. The molecule has 2 aromatic carbocycles. The number of hydrogen-bond acceptors (Lipinski definition) is 5. The van der Waals surface area contributed by atoms with Crippen LogP contribution in [0.15, 0.2) is 72.7 Å². The number of hydrogen-bond donors (Lipinski definition) is 2. The lowest BCUT2D eigenvalue weighted by atomic mass is 10.0. The van der Waals surface area contributed by atoms with Crippen molar-refractivity contribution in [3.63, 3.8) is 0 Å². The van der Waals surface area contributed by atoms with Crippen molar-refractivity contribution in [1.29, 1.82) is 0 Å². The van der Waals surface area contributed by atoms with Crippen molar-refractivity contribution in [3.05, 3.63) is 83.8 Å². The molecule has 0 bridgehead atoms. The molecular formula is C19H16N4O3. The molecule has 0 spiro atoms. The first-order chi connectivity index (χ1) is 12.7. The standard InChI is InChI=1S/C19H16N4O3/c24-18(25)16-10-17(23-19(22-16)20-12-21-23)14-6-8-15(9-7-14)26-11-13-4-2-1-3-5-13/h1-10,12,17H,11H2,(H,24,25)(H,20,21,22)/t17-/m1/s1. The van der Waals surface area contributed by atoms with E-state index in [9.17, 15) is 9.90 Å². The molecule has 26 heavy (non-hydrogen) atoms. The Morgan fingerprint density at radius 2 is 1.92 bits per heavy atom. The molecule has 130 valence electrons. The third-order valence-electron chi connectivity index (χ3n) is 4.11. The SMILES string of the molecule is O=C(O)C1=C[C@H](c2ccc(OCc3ccccc3)cc2)n2ncnc2N1. The van der Waals surface area contributed by atoms with E-state index in [2.05, 4.69) is 15.4 Å². The summed E-state index contributed by atoms with van der Waals surface area (Å²) in [6.07, 6.45) is 3.01. The van der Waals surface area contributed by atoms with Gasteiger partial charge in [0.25, 0.3) is 0 Å². The van der Waals surface area contributed by atoms with E-state index in [0.717, 1.165) is 16.9 Å². The third kappa shape index (κ3) is 3.14. The van der Waals surface area contributed by atoms with Crippen molar-refractivity contribution in [2.45, 2.75) is 12.6 Å². The number of ether oxygens (including phenoxy) is 1. The molecule has 1 atom stereocenters. The molecule has 2 heterocycles. The summed E-state index contributed by atoms with van der Waals surface area (Å²) in [4.78, 5) is 15.4. The molecule has 3 aromatic rings. The van der Waals surface area contributed by atoms with Gasteiger partial charge in [0, 0.05) is 0 Å². The summed E-state index contributed by atoms with van der Waals surface area (Å²) < 4.78 is 7.44. The molecule has 1 aliphatic heterocycles. The van der Waals surface area contributed by atoms with Gasteiger partial charge in [-0.15, -0.1) is 0 Å². The summed E-state index contributed by atoms with van der Waals surface area (Å²) >= 11 is 0. The average molecular weight is 348 g/mol. The predicted octanol–water partition coefficient (Wildman–Crippen LogP) is 2.84. The summed E-state index contributed by atoms with van der Waals surface area (Å²) in [5.41, 5.74) is 2.07. The lowest BCUT2D eigenvalue weighted by Crippen LogP contribution is -2.24. The number of allylic oxidation sites excluding steroid dienone is 1. The van der Waals surface area contributed by atoms with Gasteiger partial charge in [0.15, 0.2) is 0 Å². The Kier molecular flexibility index (Phi) is 4.10. The van der Waals surface area contributed by atoms with Gasteiger partial charge in [-0.3, -0.25) is 0 Å². The number of carboxylic acid groups (broad SMARTS) is 1. The Morgan fingerprint density at radius 1 is 1.15 bits per heavy atom. The lowest BCUT2D eigenvalue weighted by molar-refractivity contribution is -0.132. The molecule has 1 aliphatic rings. The molecule has 0 unspecified atom stereocenters. The van der Waals surface area contributed by atoms with Crippen LogP contribution in [0.2, 0.25) is 0 Å². The van der Waals surface area contributed by atoms with E-state index in [1.54, 1.807) is 10.8 Å². The molecule has 0 saturated carbocycles. The fourth-order valence-corrected chi connectivity index (χ4v) is 2.80. The Hall–Kier alpha value is -3.61. The lowest BCUT2D eigenvalue weighted by Gasteiger charge is -2.22. The summed E-state index contributed by atoms with van der Waals surface area (Å²) in [5.74, 6) is 0.110. The van der Waals surface area contributed by atoms with Crippen LogP contribution in [-0.2, 0) is 11.4 Å². The zero-order valence-electron chi connectivity index (χ0n) is 13.7. The predicted molar refractivity (Wildman–Crippen MR) is 94.7 cm³/mol. The van der Waals surface area contributed by atoms with E-state index in [1.165, 1.54) is 6.33 Å². The molecule has 0 amide bonds. The molecule has 7 heteroatoms. The van der Waals surface area contributed by atoms with Crippen molar-refractivity contribution in [3.8, 4) is 5.75 Å². The molecule has 0 saturated heterocycles. The second-order valence-corrected chi connectivity index (χ2v) is 5.83. The van der Waals surface area contributed by atoms with E-state index in [4.69, 9.17) is 4.74 Å². The first-order valence-electron chi connectivity index (χ1n) is 8.09. The minimum atomic E-state index is -1.04. The number of benzene rings is 2. The fourth-order valence-electron chi connectivity index (χ4n) is 2.80. The van der Waals surface area contributed by atoms with Crippen LogP contribution >= 0.6 is 0 Å². The van der Waals surface area contributed by atoms with Gasteiger partial charge in [0.2, 0.25) is 5.95 Å². The van der Waals surface area contributed by atoms with Gasteiger partial charge in [0.1, 0.15) is 30.4 Å². The molecule has 2 N–H and O–H groups in total. The van der Waals surface area contributed by atoms with Crippen molar-refractivity contribution < 1.29 is 14.6 Å². The zero-order valence-corrected chi connectivity index (χ0v) is 13.7. The number of nitrogens with one attached hydrogen (secondary N) is 1. The van der Waals surface area contributed by atoms with Crippen LogP contribution in [0.1, 0.15) is 17.2 Å². The minimum Gasteiger partial charge on any atom is -0.489 e. The number of anilines is 1. The maximum Gasteiger partial charge on any atom is 0.352 e. The third-order valence-corrected chi connectivity index (χ3v) is 4.11. The van der Waals surface area contributed by atoms with Gasteiger partial charge in [-0.2, -0.15) is 10.1 Å². The first-order valence-corrected chi connectivity index (χ1v) is 8.09. The number of rotatable bonds is 5. The molecule has 1 aromatic heterocycles. The molecule has 0 aliphatic carbocycles. The van der Waals surface area contributed by atoms with Crippen molar-refractivity contribution in [2.75, 3.05) is 5.32 Å². The molecule has 0 radical (unpaired) electrons. The van der Waals surface area contributed by atoms with Crippen molar-refractivity contribution >= 4 is 11.9 Å². The van der Waals surface area contributed by atoms with Gasteiger partial charge in [-0.05, 0) is 29.3 Å². The Balaban J connectivity index is 1.54. The van der Waals surface area contributed by atoms with Crippen LogP contribution in [0, 0.1) is 0 Å². The van der Waals surface area contributed by atoms with Gasteiger partial charge in [-0.1, -0.05) is 42.5 Å². The highest BCUT2D eigenvalue weighted by Crippen LogP contribution is 2.29. The normalized spacial score (nSPS) is 15.5. The number of aromatic nitrogens is 3. The van der Waals surface area contributed by atoms with E-state index in [-0.39, 0.29) is 11.7 Å². The van der Waals surface area contributed by atoms with E-state index < -0.39 is 5.97 Å².